The van der Waals surface area contributed by atoms with E-state index in [1.165, 1.54) is 0 Å². The van der Waals surface area contributed by atoms with Crippen molar-refractivity contribution in [1.29, 1.82) is 0 Å². The maximum Gasteiger partial charge on any atom is 0.237 e. The summed E-state index contributed by atoms with van der Waals surface area (Å²) in [6, 6.07) is -0.200. The predicted molar refractivity (Wildman–Crippen MR) is 68.0 cm³/mol. The predicted octanol–water partition coefficient (Wildman–Crippen LogP) is 1.62. The van der Waals surface area contributed by atoms with Crippen LogP contribution in [-0.4, -0.2) is 30.0 Å². The second-order valence-corrected chi connectivity index (χ2v) is 5.82. The fourth-order valence-corrected chi connectivity index (χ4v) is 1.87. The summed E-state index contributed by atoms with van der Waals surface area (Å²) in [7, 11) is 0. The van der Waals surface area contributed by atoms with Gasteiger partial charge >= 0.3 is 0 Å². The summed E-state index contributed by atoms with van der Waals surface area (Å²) in [5.74, 6) is 0.905. The first-order valence-electron chi connectivity index (χ1n) is 5.37. The second-order valence-electron chi connectivity index (χ2n) is 4.91. The molecule has 0 spiro atoms. The zero-order valence-corrected chi connectivity index (χ0v) is 11.3. The molecule has 90 valence electrons. The number of nitrogens with two attached hydrogens (primary N) is 1. The lowest BCUT2D eigenvalue weighted by Crippen LogP contribution is -2.51. The molecule has 0 bridgehead atoms. The standard InChI is InChI=1S/C11H24N2OS/c1-6-8(7-15-5)13-10(14)9(12)11(2,3)4/h8-9H,6-7,12H2,1-5H3,(H,13,14). The van der Waals surface area contributed by atoms with Crippen molar-refractivity contribution in [3.8, 4) is 0 Å². The molecule has 3 nitrogen and oxygen atoms in total. The highest BCUT2D eigenvalue weighted by atomic mass is 32.2. The number of amides is 1. The van der Waals surface area contributed by atoms with Gasteiger partial charge in [0.15, 0.2) is 0 Å². The fourth-order valence-electron chi connectivity index (χ4n) is 1.15. The number of carbonyl (C=O) groups is 1. The summed E-state index contributed by atoms with van der Waals surface area (Å²) in [6.07, 6.45) is 2.99. The van der Waals surface area contributed by atoms with Crippen LogP contribution in [0.1, 0.15) is 34.1 Å². The van der Waals surface area contributed by atoms with Crippen molar-refractivity contribution in [3.05, 3.63) is 0 Å². The molecule has 15 heavy (non-hydrogen) atoms. The van der Waals surface area contributed by atoms with Crippen LogP contribution in [0.15, 0.2) is 0 Å². The van der Waals surface area contributed by atoms with Crippen molar-refractivity contribution < 1.29 is 4.79 Å². The maximum atomic E-state index is 11.8. The van der Waals surface area contributed by atoms with E-state index in [-0.39, 0.29) is 17.4 Å². The van der Waals surface area contributed by atoms with Crippen molar-refractivity contribution in [2.24, 2.45) is 11.1 Å². The van der Waals surface area contributed by atoms with Gasteiger partial charge in [0.2, 0.25) is 5.91 Å². The van der Waals surface area contributed by atoms with E-state index >= 15 is 0 Å². The molecule has 0 aliphatic rings. The number of rotatable bonds is 5. The Morgan fingerprint density at radius 1 is 1.47 bits per heavy atom. The Kier molecular flexibility index (Phi) is 6.29. The van der Waals surface area contributed by atoms with Gasteiger partial charge in [0, 0.05) is 11.8 Å². The topological polar surface area (TPSA) is 55.1 Å². The van der Waals surface area contributed by atoms with Crippen LogP contribution < -0.4 is 11.1 Å². The van der Waals surface area contributed by atoms with Crippen molar-refractivity contribution in [2.45, 2.75) is 46.2 Å². The van der Waals surface area contributed by atoms with Gasteiger partial charge in [-0.2, -0.15) is 11.8 Å². The largest absolute Gasteiger partial charge is 0.351 e. The van der Waals surface area contributed by atoms with Crippen LogP contribution in [0.5, 0.6) is 0 Å². The first-order chi connectivity index (χ1) is 6.82. The molecular formula is C11H24N2OS. The third-order valence-corrected chi connectivity index (χ3v) is 3.16. The monoisotopic (exact) mass is 232 g/mol. The van der Waals surface area contributed by atoms with E-state index in [1.54, 1.807) is 11.8 Å². The summed E-state index contributed by atoms with van der Waals surface area (Å²) >= 11 is 1.74. The van der Waals surface area contributed by atoms with Crippen LogP contribution in [0, 0.1) is 5.41 Å². The maximum absolute atomic E-state index is 11.8. The van der Waals surface area contributed by atoms with Crippen molar-refractivity contribution >= 4 is 17.7 Å². The summed E-state index contributed by atoms with van der Waals surface area (Å²) in [5, 5.41) is 2.99. The highest BCUT2D eigenvalue weighted by molar-refractivity contribution is 7.98. The average molecular weight is 232 g/mol. The molecule has 1 amide bonds. The van der Waals surface area contributed by atoms with Gasteiger partial charge in [-0.1, -0.05) is 27.7 Å². The van der Waals surface area contributed by atoms with Crippen LogP contribution >= 0.6 is 11.8 Å². The van der Waals surface area contributed by atoms with Crippen LogP contribution in [-0.2, 0) is 4.79 Å². The molecule has 4 heteroatoms. The SMILES string of the molecule is CCC(CSC)NC(=O)C(N)C(C)(C)C. The molecule has 0 radical (unpaired) electrons. The molecule has 0 heterocycles. The summed E-state index contributed by atoms with van der Waals surface area (Å²) in [4.78, 5) is 11.8. The van der Waals surface area contributed by atoms with E-state index in [0.717, 1.165) is 12.2 Å². The van der Waals surface area contributed by atoms with E-state index in [0.29, 0.717) is 0 Å². The molecule has 0 aromatic rings. The Morgan fingerprint density at radius 2 is 2.00 bits per heavy atom. The smallest absolute Gasteiger partial charge is 0.237 e. The zero-order chi connectivity index (χ0) is 12.1. The van der Waals surface area contributed by atoms with Gasteiger partial charge in [0.1, 0.15) is 0 Å². The Bertz CT molecular complexity index is 201. The first-order valence-corrected chi connectivity index (χ1v) is 6.77. The van der Waals surface area contributed by atoms with Gasteiger partial charge < -0.3 is 11.1 Å². The minimum Gasteiger partial charge on any atom is -0.351 e. The fraction of sp³-hybridized carbons (Fsp3) is 0.909. The van der Waals surface area contributed by atoms with Gasteiger partial charge in [-0.25, -0.2) is 0 Å². The molecule has 0 aromatic carbocycles. The Balaban J connectivity index is 4.22. The van der Waals surface area contributed by atoms with E-state index in [4.69, 9.17) is 5.73 Å². The number of nitrogens with one attached hydrogen (secondary N) is 1. The molecule has 0 saturated heterocycles. The molecule has 3 N–H and O–H groups in total. The van der Waals surface area contributed by atoms with Crippen molar-refractivity contribution in [3.63, 3.8) is 0 Å². The van der Waals surface area contributed by atoms with E-state index < -0.39 is 6.04 Å². The zero-order valence-electron chi connectivity index (χ0n) is 10.5. The minimum absolute atomic E-state index is 0.0385. The third-order valence-electron chi connectivity index (χ3n) is 2.42. The van der Waals surface area contributed by atoms with E-state index in [2.05, 4.69) is 12.2 Å². The van der Waals surface area contributed by atoms with Gasteiger partial charge in [0.05, 0.1) is 6.04 Å². The lowest BCUT2D eigenvalue weighted by atomic mass is 9.87. The molecule has 0 fully saturated rings. The van der Waals surface area contributed by atoms with Gasteiger partial charge in [-0.3, -0.25) is 4.79 Å². The molecule has 0 aliphatic carbocycles. The van der Waals surface area contributed by atoms with Crippen LogP contribution in [0.2, 0.25) is 0 Å². The Hall–Kier alpha value is -0.220. The van der Waals surface area contributed by atoms with E-state index in [9.17, 15) is 4.79 Å². The minimum atomic E-state index is -0.437. The summed E-state index contributed by atoms with van der Waals surface area (Å²) < 4.78 is 0. The van der Waals surface area contributed by atoms with Crippen LogP contribution in [0.3, 0.4) is 0 Å². The molecule has 0 aromatic heterocycles. The molecule has 0 aliphatic heterocycles. The summed E-state index contributed by atoms with van der Waals surface area (Å²) in [5.41, 5.74) is 5.70. The van der Waals surface area contributed by atoms with Crippen molar-refractivity contribution in [2.75, 3.05) is 12.0 Å². The highest BCUT2D eigenvalue weighted by Crippen LogP contribution is 2.17. The number of carbonyl (C=O) groups excluding carboxylic acids is 1. The van der Waals surface area contributed by atoms with E-state index in [1.807, 2.05) is 27.0 Å². The Labute approximate surface area is 97.6 Å². The second kappa shape index (κ2) is 6.38. The number of thioether (sulfide) groups is 1. The highest BCUT2D eigenvalue weighted by Gasteiger charge is 2.28. The summed E-state index contributed by atoms with van der Waals surface area (Å²) in [6.45, 7) is 8.01. The van der Waals surface area contributed by atoms with Crippen LogP contribution in [0.25, 0.3) is 0 Å². The molecule has 2 unspecified atom stereocenters. The lowest BCUT2D eigenvalue weighted by Gasteiger charge is -2.27. The molecule has 0 rings (SSSR count). The first kappa shape index (κ1) is 14.8. The average Bonchev–Trinajstić information content (AvgIpc) is 2.14. The molecular weight excluding hydrogens is 208 g/mol. The van der Waals surface area contributed by atoms with Gasteiger partial charge in [-0.05, 0) is 18.1 Å². The third kappa shape index (κ3) is 5.42. The number of hydrogen-bond acceptors (Lipinski definition) is 3. The Morgan fingerprint density at radius 3 is 2.33 bits per heavy atom. The van der Waals surface area contributed by atoms with Gasteiger partial charge in [0.25, 0.3) is 0 Å². The normalized spacial score (nSPS) is 15.9. The van der Waals surface area contributed by atoms with Crippen LogP contribution in [0.4, 0.5) is 0 Å². The van der Waals surface area contributed by atoms with Crippen molar-refractivity contribution in [1.82, 2.24) is 5.32 Å². The molecule has 0 saturated carbocycles. The number of hydrogen-bond donors (Lipinski definition) is 2. The van der Waals surface area contributed by atoms with Gasteiger partial charge in [-0.15, -0.1) is 0 Å². The molecule has 2 atom stereocenters. The lowest BCUT2D eigenvalue weighted by molar-refractivity contribution is -0.125. The quantitative estimate of drug-likeness (QED) is 0.757.